The molecule has 0 aromatic carbocycles. The summed E-state index contributed by atoms with van der Waals surface area (Å²) in [6, 6.07) is 0. The summed E-state index contributed by atoms with van der Waals surface area (Å²) in [5.41, 5.74) is 1.28. The third kappa shape index (κ3) is 0.796. The molecule has 0 fully saturated rings. The molecule has 0 aromatic rings. The lowest BCUT2D eigenvalue weighted by molar-refractivity contribution is 0.888. The number of hydrogen-bond donors (Lipinski definition) is 0. The highest BCUT2D eigenvalue weighted by Crippen LogP contribution is 2.15. The maximum Gasteiger partial charge on any atom is 0.0930 e. The summed E-state index contributed by atoms with van der Waals surface area (Å²) in [4.78, 5) is 5.77. The van der Waals surface area contributed by atoms with Crippen LogP contribution in [0.15, 0.2) is 16.9 Å². The molecule has 0 atom stereocenters. The minimum atomic E-state index is 1.28. The first-order chi connectivity index (χ1) is 3.34. The number of aliphatic imine (C=N–C) groups is 1. The first-order valence-corrected chi connectivity index (χ1v) is 2.23. The molecule has 0 unspecified atom stereocenters. The van der Waals surface area contributed by atoms with Gasteiger partial charge in [-0.3, -0.25) is 4.99 Å². The third-order valence-corrected chi connectivity index (χ3v) is 0.905. The van der Waals surface area contributed by atoms with Gasteiger partial charge in [-0.1, -0.05) is 0 Å². The second-order valence-electron chi connectivity index (χ2n) is 1.55. The van der Waals surface area contributed by atoms with Gasteiger partial charge in [-0.25, -0.2) is 0 Å². The lowest BCUT2D eigenvalue weighted by Gasteiger charge is -1.87. The van der Waals surface area contributed by atoms with Gasteiger partial charge in [0.15, 0.2) is 0 Å². The summed E-state index contributed by atoms with van der Waals surface area (Å²) < 4.78 is 0. The van der Waals surface area contributed by atoms with Crippen LogP contribution in [0.4, 0.5) is 0 Å². The topological polar surface area (TPSA) is 15.4 Å². The standard InChI is InChI=1S/C5H8N2/c1-5-3-7(5)4-6-2/h3-4H,1-2H3. The molecule has 1 aliphatic rings. The Kier molecular flexibility index (Phi) is 0.855. The monoisotopic (exact) mass is 96.1 g/mol. The van der Waals surface area contributed by atoms with Crippen LogP contribution in [0, 0.1) is 0 Å². The van der Waals surface area contributed by atoms with Gasteiger partial charge < -0.3 is 4.90 Å². The van der Waals surface area contributed by atoms with E-state index in [-0.39, 0.29) is 0 Å². The summed E-state index contributed by atoms with van der Waals surface area (Å²) >= 11 is 0. The van der Waals surface area contributed by atoms with Crippen molar-refractivity contribution in [2.75, 3.05) is 7.05 Å². The highest BCUT2D eigenvalue weighted by atomic mass is 15.2. The van der Waals surface area contributed by atoms with Crippen LogP contribution in [0.25, 0.3) is 0 Å². The Bertz CT molecular complexity index is 124. The number of nitrogens with zero attached hydrogens (tertiary/aromatic N) is 2. The molecule has 0 saturated heterocycles. The van der Waals surface area contributed by atoms with Crippen LogP contribution in [0.5, 0.6) is 0 Å². The fraction of sp³-hybridized carbons (Fsp3) is 0.400. The van der Waals surface area contributed by atoms with Gasteiger partial charge in [-0.15, -0.1) is 0 Å². The van der Waals surface area contributed by atoms with Crippen molar-refractivity contribution in [1.29, 1.82) is 0 Å². The highest BCUT2D eigenvalue weighted by Gasteiger charge is 2.10. The van der Waals surface area contributed by atoms with E-state index in [9.17, 15) is 0 Å². The van der Waals surface area contributed by atoms with E-state index in [0.717, 1.165) is 0 Å². The first kappa shape index (κ1) is 4.37. The van der Waals surface area contributed by atoms with Crippen LogP contribution in [-0.4, -0.2) is 18.3 Å². The van der Waals surface area contributed by atoms with Crippen LogP contribution in [0.3, 0.4) is 0 Å². The minimum Gasteiger partial charge on any atom is -0.309 e. The van der Waals surface area contributed by atoms with E-state index >= 15 is 0 Å². The number of rotatable bonds is 1. The van der Waals surface area contributed by atoms with Gasteiger partial charge in [-0.05, 0) is 6.92 Å². The normalized spacial score (nSPS) is 18.0. The molecule has 0 bridgehead atoms. The average molecular weight is 96.1 g/mol. The average Bonchev–Trinajstić information content (AvgIpc) is 2.22. The molecule has 0 spiro atoms. The molecule has 0 N–H and O–H groups in total. The van der Waals surface area contributed by atoms with Gasteiger partial charge in [0, 0.05) is 18.9 Å². The second-order valence-corrected chi connectivity index (χ2v) is 1.55. The van der Waals surface area contributed by atoms with Crippen molar-refractivity contribution in [2.45, 2.75) is 6.92 Å². The van der Waals surface area contributed by atoms with E-state index in [0.29, 0.717) is 0 Å². The van der Waals surface area contributed by atoms with Crippen molar-refractivity contribution in [1.82, 2.24) is 4.90 Å². The van der Waals surface area contributed by atoms with Crippen molar-refractivity contribution < 1.29 is 0 Å². The molecule has 0 aliphatic carbocycles. The first-order valence-electron chi connectivity index (χ1n) is 2.23. The minimum absolute atomic E-state index is 1.28. The largest absolute Gasteiger partial charge is 0.309 e. The maximum absolute atomic E-state index is 3.80. The summed E-state index contributed by atoms with van der Waals surface area (Å²) in [5, 5.41) is 0. The van der Waals surface area contributed by atoms with E-state index in [1.165, 1.54) is 5.70 Å². The molecule has 2 heteroatoms. The molecular weight excluding hydrogens is 88.1 g/mol. The fourth-order valence-electron chi connectivity index (χ4n) is 0.421. The summed E-state index contributed by atoms with van der Waals surface area (Å²) in [7, 11) is 1.76. The highest BCUT2D eigenvalue weighted by molar-refractivity contribution is 5.64. The van der Waals surface area contributed by atoms with Gasteiger partial charge in [0.2, 0.25) is 0 Å². The Hall–Kier alpha value is -0.790. The van der Waals surface area contributed by atoms with Crippen LogP contribution in [0.2, 0.25) is 0 Å². The molecule has 1 rings (SSSR count). The number of allylic oxidation sites excluding steroid dienone is 1. The van der Waals surface area contributed by atoms with Crippen molar-refractivity contribution in [3.63, 3.8) is 0 Å². The smallest absolute Gasteiger partial charge is 0.0930 e. The quantitative estimate of drug-likeness (QED) is 0.348. The van der Waals surface area contributed by atoms with Crippen molar-refractivity contribution in [2.24, 2.45) is 4.99 Å². The van der Waals surface area contributed by atoms with Crippen molar-refractivity contribution in [3.05, 3.63) is 11.9 Å². The van der Waals surface area contributed by atoms with Crippen molar-refractivity contribution >= 4 is 6.34 Å². The third-order valence-electron chi connectivity index (χ3n) is 0.905. The lowest BCUT2D eigenvalue weighted by Crippen LogP contribution is -1.90. The molecule has 1 heterocycles. The Morgan fingerprint density at radius 3 is 2.57 bits per heavy atom. The molecule has 0 amide bonds. The van der Waals surface area contributed by atoms with E-state index in [2.05, 4.69) is 4.99 Å². The van der Waals surface area contributed by atoms with E-state index in [4.69, 9.17) is 0 Å². The van der Waals surface area contributed by atoms with Gasteiger partial charge in [0.05, 0.1) is 6.34 Å². The van der Waals surface area contributed by atoms with Crippen LogP contribution in [-0.2, 0) is 0 Å². The molecule has 7 heavy (non-hydrogen) atoms. The van der Waals surface area contributed by atoms with E-state index < -0.39 is 0 Å². The lowest BCUT2D eigenvalue weighted by atomic mass is 10.7. The summed E-state index contributed by atoms with van der Waals surface area (Å²) in [5.74, 6) is 0. The zero-order chi connectivity index (χ0) is 5.28. The van der Waals surface area contributed by atoms with Crippen molar-refractivity contribution in [3.8, 4) is 0 Å². The Morgan fingerprint density at radius 1 is 1.86 bits per heavy atom. The predicted molar refractivity (Wildman–Crippen MR) is 30.0 cm³/mol. The van der Waals surface area contributed by atoms with Crippen LogP contribution < -0.4 is 0 Å². The molecular formula is C5H8N2. The Morgan fingerprint density at radius 2 is 2.43 bits per heavy atom. The van der Waals surface area contributed by atoms with E-state index in [1.54, 1.807) is 13.4 Å². The molecule has 1 aliphatic heterocycles. The second kappa shape index (κ2) is 1.37. The zero-order valence-corrected chi connectivity index (χ0v) is 4.55. The zero-order valence-electron chi connectivity index (χ0n) is 4.55. The van der Waals surface area contributed by atoms with Gasteiger partial charge in [0.25, 0.3) is 0 Å². The molecule has 0 aromatic heterocycles. The maximum atomic E-state index is 3.80. The molecule has 2 nitrogen and oxygen atoms in total. The Balaban J connectivity index is 2.26. The van der Waals surface area contributed by atoms with Crippen LogP contribution in [0.1, 0.15) is 6.92 Å². The van der Waals surface area contributed by atoms with Gasteiger partial charge in [0.1, 0.15) is 0 Å². The Labute approximate surface area is 43.2 Å². The SMILES string of the molecule is CN=CN1C=C1C. The fourth-order valence-corrected chi connectivity index (χ4v) is 0.421. The number of hydrogen-bond acceptors (Lipinski definition) is 1. The van der Waals surface area contributed by atoms with E-state index in [1.807, 2.05) is 18.0 Å². The predicted octanol–water partition coefficient (Wildman–Crippen LogP) is 0.821. The summed E-state index contributed by atoms with van der Waals surface area (Å²) in [6.45, 7) is 2.04. The molecule has 0 saturated carbocycles. The molecule has 0 radical (unpaired) electrons. The molecule has 38 valence electrons. The van der Waals surface area contributed by atoms with Gasteiger partial charge >= 0.3 is 0 Å². The van der Waals surface area contributed by atoms with Crippen LogP contribution >= 0.6 is 0 Å². The van der Waals surface area contributed by atoms with Gasteiger partial charge in [-0.2, -0.15) is 0 Å². The summed E-state index contributed by atoms with van der Waals surface area (Å²) in [6.07, 6.45) is 3.81.